The van der Waals surface area contributed by atoms with E-state index in [1.165, 1.54) is 0 Å². The van der Waals surface area contributed by atoms with E-state index in [0.29, 0.717) is 13.0 Å². The van der Waals surface area contributed by atoms with Crippen molar-refractivity contribution in [2.75, 3.05) is 13.7 Å². The number of hydrogen-bond donors (Lipinski definition) is 1. The summed E-state index contributed by atoms with van der Waals surface area (Å²) in [6, 6.07) is 9.74. The molecule has 0 fully saturated rings. The fourth-order valence-corrected chi connectivity index (χ4v) is 1.30. The molecule has 0 aliphatic heterocycles. The largest absolute Gasteiger partial charge is 0.383 e. The van der Waals surface area contributed by atoms with Gasteiger partial charge in [-0.05, 0) is 11.1 Å². The summed E-state index contributed by atoms with van der Waals surface area (Å²) in [4.78, 5) is 0. The van der Waals surface area contributed by atoms with E-state index in [9.17, 15) is 0 Å². The van der Waals surface area contributed by atoms with Gasteiger partial charge in [0.2, 0.25) is 0 Å². The number of rotatable bonds is 4. The van der Waals surface area contributed by atoms with Crippen LogP contribution in [0.25, 0.3) is 0 Å². The first kappa shape index (κ1) is 10.7. The highest BCUT2D eigenvalue weighted by Gasteiger charge is 2.05. The Bertz CT molecular complexity index is 330. The van der Waals surface area contributed by atoms with Crippen LogP contribution in [0.1, 0.15) is 17.2 Å². The molecule has 14 heavy (non-hydrogen) atoms. The zero-order chi connectivity index (χ0) is 10.4. The van der Waals surface area contributed by atoms with Gasteiger partial charge in [0.1, 0.15) is 0 Å². The molecule has 1 aromatic carbocycles. The minimum atomic E-state index is -0.112. The van der Waals surface area contributed by atoms with Crippen LogP contribution in [0.4, 0.5) is 0 Å². The minimum absolute atomic E-state index is 0.112. The van der Waals surface area contributed by atoms with E-state index in [-0.39, 0.29) is 6.04 Å². The van der Waals surface area contributed by atoms with Crippen LogP contribution in [-0.4, -0.2) is 13.7 Å². The highest BCUT2D eigenvalue weighted by molar-refractivity contribution is 5.27. The average Bonchev–Trinajstić information content (AvgIpc) is 2.19. The lowest BCUT2D eigenvalue weighted by Crippen LogP contribution is -2.16. The van der Waals surface area contributed by atoms with Crippen LogP contribution >= 0.6 is 0 Å². The summed E-state index contributed by atoms with van der Waals surface area (Å²) >= 11 is 0. The van der Waals surface area contributed by atoms with Gasteiger partial charge in [0.05, 0.1) is 25.1 Å². The standard InChI is InChI=1S/C11H14N2O/c1-14-8-11(13)10-4-2-3-9(7-10)5-6-12/h2-4,7,11H,5,8,13H2,1H3. The van der Waals surface area contributed by atoms with Gasteiger partial charge >= 0.3 is 0 Å². The Morgan fingerprint density at radius 1 is 1.57 bits per heavy atom. The molecule has 0 aliphatic carbocycles. The highest BCUT2D eigenvalue weighted by atomic mass is 16.5. The summed E-state index contributed by atoms with van der Waals surface area (Å²) in [6.45, 7) is 0.496. The van der Waals surface area contributed by atoms with Gasteiger partial charge in [-0.25, -0.2) is 0 Å². The summed E-state index contributed by atoms with van der Waals surface area (Å²) in [6.07, 6.45) is 0.424. The zero-order valence-corrected chi connectivity index (χ0v) is 8.23. The van der Waals surface area contributed by atoms with Gasteiger partial charge < -0.3 is 10.5 Å². The van der Waals surface area contributed by atoms with Crippen LogP contribution in [0, 0.1) is 11.3 Å². The van der Waals surface area contributed by atoms with E-state index in [1.807, 2.05) is 24.3 Å². The van der Waals surface area contributed by atoms with Crippen LogP contribution in [-0.2, 0) is 11.2 Å². The normalized spacial score (nSPS) is 12.1. The molecule has 0 aliphatic rings. The van der Waals surface area contributed by atoms with Gasteiger partial charge in [0.25, 0.3) is 0 Å². The Hall–Kier alpha value is -1.37. The molecule has 0 bridgehead atoms. The zero-order valence-electron chi connectivity index (χ0n) is 8.23. The molecule has 2 N–H and O–H groups in total. The Morgan fingerprint density at radius 3 is 3.00 bits per heavy atom. The van der Waals surface area contributed by atoms with Crippen molar-refractivity contribution in [3.8, 4) is 6.07 Å². The fourth-order valence-electron chi connectivity index (χ4n) is 1.30. The second-order valence-corrected chi connectivity index (χ2v) is 3.14. The van der Waals surface area contributed by atoms with Crippen LogP contribution in [0.5, 0.6) is 0 Å². The third-order valence-corrected chi connectivity index (χ3v) is 2.01. The number of methoxy groups -OCH3 is 1. The van der Waals surface area contributed by atoms with Crippen LogP contribution < -0.4 is 5.73 Å². The smallest absolute Gasteiger partial charge is 0.0669 e. The molecule has 1 aromatic rings. The van der Waals surface area contributed by atoms with Crippen molar-refractivity contribution in [3.05, 3.63) is 35.4 Å². The monoisotopic (exact) mass is 190 g/mol. The van der Waals surface area contributed by atoms with Crippen molar-refractivity contribution in [3.63, 3.8) is 0 Å². The van der Waals surface area contributed by atoms with E-state index in [4.69, 9.17) is 15.7 Å². The molecular weight excluding hydrogens is 176 g/mol. The number of benzene rings is 1. The third kappa shape index (κ3) is 2.84. The molecule has 0 aromatic heterocycles. The molecule has 1 atom stereocenters. The molecule has 1 unspecified atom stereocenters. The number of hydrogen-bond acceptors (Lipinski definition) is 3. The van der Waals surface area contributed by atoms with E-state index in [2.05, 4.69) is 6.07 Å². The predicted molar refractivity (Wildman–Crippen MR) is 54.6 cm³/mol. The van der Waals surface area contributed by atoms with E-state index >= 15 is 0 Å². The van der Waals surface area contributed by atoms with Gasteiger partial charge in [-0.2, -0.15) is 5.26 Å². The van der Waals surface area contributed by atoms with Gasteiger partial charge in [-0.15, -0.1) is 0 Å². The Morgan fingerprint density at radius 2 is 2.36 bits per heavy atom. The predicted octanol–water partition coefficient (Wildman–Crippen LogP) is 1.40. The molecule has 1 rings (SSSR count). The molecule has 3 nitrogen and oxygen atoms in total. The molecule has 3 heteroatoms. The topological polar surface area (TPSA) is 59.0 Å². The molecule has 0 saturated carbocycles. The first-order chi connectivity index (χ1) is 6.77. The van der Waals surface area contributed by atoms with Gasteiger partial charge in [0, 0.05) is 7.11 Å². The number of nitriles is 1. The third-order valence-electron chi connectivity index (χ3n) is 2.01. The maximum atomic E-state index is 8.55. The van der Waals surface area contributed by atoms with Crippen molar-refractivity contribution in [2.24, 2.45) is 5.73 Å². The van der Waals surface area contributed by atoms with Crippen molar-refractivity contribution in [2.45, 2.75) is 12.5 Å². The van der Waals surface area contributed by atoms with Crippen LogP contribution in [0.15, 0.2) is 24.3 Å². The van der Waals surface area contributed by atoms with E-state index in [0.717, 1.165) is 11.1 Å². The summed E-state index contributed by atoms with van der Waals surface area (Å²) in [5.74, 6) is 0. The van der Waals surface area contributed by atoms with Crippen LogP contribution in [0.3, 0.4) is 0 Å². The van der Waals surface area contributed by atoms with Crippen LogP contribution in [0.2, 0.25) is 0 Å². The van der Waals surface area contributed by atoms with Gasteiger partial charge in [0.15, 0.2) is 0 Å². The summed E-state index contributed by atoms with van der Waals surface area (Å²) < 4.78 is 4.97. The maximum Gasteiger partial charge on any atom is 0.0669 e. The molecule has 0 saturated heterocycles. The van der Waals surface area contributed by atoms with E-state index in [1.54, 1.807) is 7.11 Å². The first-order valence-electron chi connectivity index (χ1n) is 4.48. The van der Waals surface area contributed by atoms with E-state index < -0.39 is 0 Å². The quantitative estimate of drug-likeness (QED) is 0.780. The summed E-state index contributed by atoms with van der Waals surface area (Å²) in [5.41, 5.74) is 7.87. The lowest BCUT2D eigenvalue weighted by atomic mass is 10.0. The number of ether oxygens (including phenoxy) is 1. The molecule has 0 radical (unpaired) electrons. The molecule has 74 valence electrons. The lowest BCUT2D eigenvalue weighted by Gasteiger charge is -2.11. The SMILES string of the molecule is COCC(N)c1cccc(CC#N)c1. The second kappa shape index (κ2) is 5.38. The molecular formula is C11H14N2O. The summed E-state index contributed by atoms with van der Waals surface area (Å²) in [7, 11) is 1.62. The van der Waals surface area contributed by atoms with Crippen molar-refractivity contribution < 1.29 is 4.74 Å². The average molecular weight is 190 g/mol. The van der Waals surface area contributed by atoms with Crippen molar-refractivity contribution >= 4 is 0 Å². The maximum absolute atomic E-state index is 8.55. The summed E-state index contributed by atoms with van der Waals surface area (Å²) in [5, 5.41) is 8.55. The first-order valence-corrected chi connectivity index (χ1v) is 4.48. The minimum Gasteiger partial charge on any atom is -0.383 e. The van der Waals surface area contributed by atoms with Gasteiger partial charge in [-0.3, -0.25) is 0 Å². The van der Waals surface area contributed by atoms with Gasteiger partial charge in [-0.1, -0.05) is 24.3 Å². The van der Waals surface area contributed by atoms with Crippen molar-refractivity contribution in [1.82, 2.24) is 0 Å². The lowest BCUT2D eigenvalue weighted by molar-refractivity contribution is 0.181. The Kier molecular flexibility index (Phi) is 4.11. The van der Waals surface area contributed by atoms with Crippen molar-refractivity contribution in [1.29, 1.82) is 5.26 Å². The molecule has 0 amide bonds. The molecule has 0 spiro atoms. The fraction of sp³-hybridized carbons (Fsp3) is 0.364. The number of nitrogens with zero attached hydrogens (tertiary/aromatic N) is 1. The Labute approximate surface area is 84.1 Å². The Balaban J connectivity index is 2.78. The highest BCUT2D eigenvalue weighted by Crippen LogP contribution is 2.12. The molecule has 0 heterocycles. The number of nitrogens with two attached hydrogens (primary N) is 1. The second-order valence-electron chi connectivity index (χ2n) is 3.14.